The van der Waals surface area contributed by atoms with Crippen LogP contribution in [0.4, 0.5) is 0 Å². The van der Waals surface area contributed by atoms with Crippen molar-refractivity contribution >= 4 is 27.0 Å². The summed E-state index contributed by atoms with van der Waals surface area (Å²) in [7, 11) is -1.63. The quantitative estimate of drug-likeness (QED) is 0.569. The zero-order chi connectivity index (χ0) is 23.3. The first-order chi connectivity index (χ1) is 15.9. The van der Waals surface area contributed by atoms with Crippen molar-refractivity contribution in [2.45, 2.75) is 37.0 Å². The summed E-state index contributed by atoms with van der Waals surface area (Å²) >= 11 is 0. The van der Waals surface area contributed by atoms with Gasteiger partial charge in [0, 0.05) is 38.5 Å². The molecule has 0 unspecified atom stereocenters. The molecule has 2 heterocycles. The van der Waals surface area contributed by atoms with Crippen LogP contribution >= 0.6 is 0 Å². The lowest BCUT2D eigenvalue weighted by Gasteiger charge is -2.25. The topological polar surface area (TPSA) is 84.3 Å². The Morgan fingerprint density at radius 2 is 1.85 bits per heavy atom. The van der Waals surface area contributed by atoms with Gasteiger partial charge in [-0.1, -0.05) is 36.5 Å². The fourth-order valence-corrected chi connectivity index (χ4v) is 5.53. The molecule has 3 aromatic rings. The van der Waals surface area contributed by atoms with Crippen LogP contribution in [0.15, 0.2) is 53.4 Å². The molecule has 1 fully saturated rings. The van der Waals surface area contributed by atoms with Gasteiger partial charge in [0.1, 0.15) is 5.82 Å². The Bertz CT molecular complexity index is 1300. The number of sulfonamides is 1. The Balaban J connectivity index is 1.38. The van der Waals surface area contributed by atoms with E-state index in [4.69, 9.17) is 0 Å². The molecule has 2 aromatic carbocycles. The third-order valence-electron chi connectivity index (χ3n) is 5.85. The molecule has 1 amide bonds. The molecule has 0 bridgehead atoms. The highest BCUT2D eigenvalue weighted by Crippen LogP contribution is 2.24. The minimum Gasteiger partial charge on any atom is -0.345 e. The van der Waals surface area contributed by atoms with Gasteiger partial charge >= 0.3 is 0 Å². The maximum Gasteiger partial charge on any atom is 0.243 e. The first-order valence-corrected chi connectivity index (χ1v) is 12.7. The monoisotopic (exact) mass is 464 g/mol. The number of hydrogen-bond donors (Lipinski definition) is 1. The van der Waals surface area contributed by atoms with Gasteiger partial charge in [-0.3, -0.25) is 4.79 Å². The molecule has 1 saturated heterocycles. The zero-order valence-electron chi connectivity index (χ0n) is 18.8. The Morgan fingerprint density at radius 3 is 2.61 bits per heavy atom. The summed E-state index contributed by atoms with van der Waals surface area (Å²) in [6, 6.07) is 14.7. The predicted octanol–water partition coefficient (Wildman–Crippen LogP) is 2.85. The van der Waals surface area contributed by atoms with Crippen molar-refractivity contribution in [1.29, 1.82) is 0 Å². The van der Waals surface area contributed by atoms with Crippen molar-refractivity contribution in [3.8, 4) is 11.8 Å². The molecule has 0 aliphatic carbocycles. The number of aryl methyl sites for hydroxylation is 2. The van der Waals surface area contributed by atoms with Gasteiger partial charge in [-0.25, -0.2) is 13.4 Å². The Morgan fingerprint density at radius 1 is 1.09 bits per heavy atom. The van der Waals surface area contributed by atoms with Gasteiger partial charge in [-0.15, -0.1) is 0 Å². The predicted molar refractivity (Wildman–Crippen MR) is 128 cm³/mol. The van der Waals surface area contributed by atoms with Crippen LogP contribution in [0.25, 0.3) is 11.0 Å². The minimum absolute atomic E-state index is 0.0993. The van der Waals surface area contributed by atoms with E-state index in [1.807, 2.05) is 41.9 Å². The lowest BCUT2D eigenvalue weighted by Crippen LogP contribution is -2.35. The molecule has 1 N–H and O–H groups in total. The summed E-state index contributed by atoms with van der Waals surface area (Å²) in [4.78, 5) is 17.1. The number of nitrogens with zero attached hydrogens (tertiary/aromatic N) is 3. The average Bonchev–Trinajstić information content (AvgIpc) is 3.16. The first kappa shape index (κ1) is 23.0. The third-order valence-corrected chi connectivity index (χ3v) is 7.75. The number of carbonyl (C=O) groups excluding carboxylic acids is 1. The summed E-state index contributed by atoms with van der Waals surface area (Å²) in [5.41, 5.74) is 2.38. The van der Waals surface area contributed by atoms with Crippen LogP contribution in [0.5, 0.6) is 0 Å². The largest absolute Gasteiger partial charge is 0.345 e. The molecule has 7 nitrogen and oxygen atoms in total. The van der Waals surface area contributed by atoms with Crippen LogP contribution in [-0.4, -0.2) is 47.8 Å². The highest BCUT2D eigenvalue weighted by Gasteiger charge is 2.26. The van der Waals surface area contributed by atoms with E-state index in [0.29, 0.717) is 25.0 Å². The third kappa shape index (κ3) is 5.44. The molecular formula is C25H28N4O3S. The molecule has 4 rings (SSSR count). The fraction of sp³-hybridized carbons (Fsp3) is 0.360. The molecule has 0 radical (unpaired) electrons. The van der Waals surface area contributed by atoms with Crippen molar-refractivity contribution in [2.75, 3.05) is 19.6 Å². The highest BCUT2D eigenvalue weighted by molar-refractivity contribution is 7.89. The van der Waals surface area contributed by atoms with Gasteiger partial charge in [0.25, 0.3) is 0 Å². The number of nitrogens with one attached hydrogen (secondary N) is 1. The van der Waals surface area contributed by atoms with Crippen LogP contribution in [0.2, 0.25) is 0 Å². The van der Waals surface area contributed by atoms with Crippen LogP contribution < -0.4 is 5.32 Å². The van der Waals surface area contributed by atoms with E-state index in [1.54, 1.807) is 22.5 Å². The molecule has 1 aliphatic rings. The summed E-state index contributed by atoms with van der Waals surface area (Å²) < 4.78 is 29.4. The van der Waals surface area contributed by atoms with Crippen LogP contribution in [0.3, 0.4) is 0 Å². The van der Waals surface area contributed by atoms with Crippen molar-refractivity contribution in [1.82, 2.24) is 19.2 Å². The maximum absolute atomic E-state index is 13.0. The number of aromatic nitrogens is 2. The number of amides is 1. The van der Waals surface area contributed by atoms with Crippen LogP contribution in [-0.2, 0) is 28.3 Å². The molecule has 33 heavy (non-hydrogen) atoms. The number of rotatable bonds is 6. The molecule has 172 valence electrons. The number of piperidine rings is 1. The number of imidazole rings is 1. The SMILES string of the molecule is Cn1c(CCC(=O)NCC#Cc2ccccc2)nc2cc(S(=O)(=O)N3CCCCC3)ccc21. The van der Waals surface area contributed by atoms with E-state index in [9.17, 15) is 13.2 Å². The first-order valence-electron chi connectivity index (χ1n) is 11.2. The Kier molecular flexibility index (Phi) is 7.11. The summed E-state index contributed by atoms with van der Waals surface area (Å²) in [5, 5.41) is 2.81. The normalized spacial score (nSPS) is 14.6. The van der Waals surface area contributed by atoms with Gasteiger partial charge < -0.3 is 9.88 Å². The summed E-state index contributed by atoms with van der Waals surface area (Å²) in [5.74, 6) is 6.59. The molecule has 1 aromatic heterocycles. The van der Waals surface area contributed by atoms with Gasteiger partial charge in [-0.05, 0) is 43.2 Å². The molecule has 8 heteroatoms. The molecule has 1 aliphatic heterocycles. The van der Waals surface area contributed by atoms with Crippen molar-refractivity contribution in [3.05, 3.63) is 59.9 Å². The van der Waals surface area contributed by atoms with Gasteiger partial charge in [-0.2, -0.15) is 4.31 Å². The second kappa shape index (κ2) is 10.2. The van der Waals surface area contributed by atoms with E-state index in [2.05, 4.69) is 22.1 Å². The van der Waals surface area contributed by atoms with E-state index in [0.717, 1.165) is 36.2 Å². The van der Waals surface area contributed by atoms with Gasteiger partial charge in [0.2, 0.25) is 15.9 Å². The fourth-order valence-electron chi connectivity index (χ4n) is 3.99. The molecule has 0 saturated carbocycles. The van der Waals surface area contributed by atoms with E-state index in [1.165, 1.54) is 0 Å². The lowest BCUT2D eigenvalue weighted by atomic mass is 10.2. The zero-order valence-corrected chi connectivity index (χ0v) is 19.6. The number of fused-ring (bicyclic) bond motifs is 1. The van der Waals surface area contributed by atoms with Gasteiger partial charge in [0.05, 0.1) is 22.5 Å². The maximum atomic E-state index is 13.0. The standard InChI is InChI=1S/C25H28N4O3S/c1-28-23-13-12-21(33(31,32)29-17-6-3-7-18-29)19-22(23)27-24(28)14-15-25(30)26-16-8-11-20-9-4-2-5-10-20/h2,4-5,9-10,12-13,19H,3,6-7,14-18H2,1H3,(H,26,30). The Hall–Kier alpha value is -3.15. The molecule has 0 atom stereocenters. The van der Waals surface area contributed by atoms with Gasteiger partial charge in [0.15, 0.2) is 0 Å². The average molecular weight is 465 g/mol. The molecule has 0 spiro atoms. The minimum atomic E-state index is -3.51. The van der Waals surface area contributed by atoms with Crippen molar-refractivity contribution in [2.24, 2.45) is 7.05 Å². The Labute approximate surface area is 194 Å². The van der Waals surface area contributed by atoms with E-state index in [-0.39, 0.29) is 23.8 Å². The van der Waals surface area contributed by atoms with Crippen LogP contribution in [0, 0.1) is 11.8 Å². The van der Waals surface area contributed by atoms with Crippen molar-refractivity contribution in [3.63, 3.8) is 0 Å². The van der Waals surface area contributed by atoms with E-state index < -0.39 is 10.0 Å². The number of hydrogen-bond acceptors (Lipinski definition) is 4. The smallest absolute Gasteiger partial charge is 0.243 e. The second-order valence-corrected chi connectivity index (χ2v) is 10.1. The van der Waals surface area contributed by atoms with E-state index >= 15 is 0 Å². The van der Waals surface area contributed by atoms with Crippen LogP contribution in [0.1, 0.15) is 37.1 Å². The number of carbonyl (C=O) groups is 1. The number of benzene rings is 2. The summed E-state index contributed by atoms with van der Waals surface area (Å²) in [6.45, 7) is 1.42. The second-order valence-electron chi connectivity index (χ2n) is 8.15. The van der Waals surface area contributed by atoms with Crippen molar-refractivity contribution < 1.29 is 13.2 Å². The lowest BCUT2D eigenvalue weighted by molar-refractivity contribution is -0.120. The summed E-state index contributed by atoms with van der Waals surface area (Å²) in [6.07, 6.45) is 3.60. The highest BCUT2D eigenvalue weighted by atomic mass is 32.2. The molecular weight excluding hydrogens is 436 g/mol.